The topological polar surface area (TPSA) is 53.0 Å². The van der Waals surface area contributed by atoms with E-state index in [1.165, 1.54) is 23.8 Å². The number of hydrogen-bond acceptors (Lipinski definition) is 5. The van der Waals surface area contributed by atoms with E-state index in [1.807, 2.05) is 17.0 Å². The molecule has 2 aromatic rings. The van der Waals surface area contributed by atoms with Crippen LogP contribution in [0.15, 0.2) is 60.8 Å². The average molecular weight is 517 g/mol. The fourth-order valence-electron chi connectivity index (χ4n) is 5.31. The van der Waals surface area contributed by atoms with Gasteiger partial charge in [0.15, 0.2) is 5.78 Å². The van der Waals surface area contributed by atoms with E-state index in [1.54, 1.807) is 13.3 Å². The Morgan fingerprint density at radius 1 is 1.05 bits per heavy atom. The van der Waals surface area contributed by atoms with E-state index in [0.717, 1.165) is 56.7 Å². The molecular weight excluding hydrogens is 481 g/mol. The maximum absolute atomic E-state index is 12.9. The third-order valence-corrected chi connectivity index (χ3v) is 7.65. The number of ether oxygens (including phenoxy) is 1. The Labute approximate surface area is 216 Å². The molecule has 2 heterocycles. The quantitative estimate of drug-likeness (QED) is 0.378. The summed E-state index contributed by atoms with van der Waals surface area (Å²) in [4.78, 5) is 16.7. The molecular formula is C29H35F3N2O3. The molecule has 1 N–H and O–H groups in total. The summed E-state index contributed by atoms with van der Waals surface area (Å²) in [5, 5.41) is 10.9. The summed E-state index contributed by atoms with van der Waals surface area (Å²) >= 11 is 0. The van der Waals surface area contributed by atoms with Gasteiger partial charge < -0.3 is 19.6 Å². The fraction of sp³-hybridized carbons (Fsp3) is 0.483. The minimum absolute atomic E-state index is 0.0205. The number of rotatable bonds is 8. The number of halogens is 3. The average Bonchev–Trinajstić information content (AvgIpc) is 2.92. The molecule has 1 atom stereocenters. The largest absolute Gasteiger partial charge is 0.497 e. The zero-order valence-corrected chi connectivity index (χ0v) is 21.2. The molecule has 2 saturated heterocycles. The highest BCUT2D eigenvalue weighted by molar-refractivity contribution is 6.04. The normalized spacial score (nSPS) is 19.3. The van der Waals surface area contributed by atoms with Crippen LogP contribution in [0.2, 0.25) is 0 Å². The third-order valence-electron chi connectivity index (χ3n) is 7.65. The van der Waals surface area contributed by atoms with E-state index in [4.69, 9.17) is 4.74 Å². The maximum atomic E-state index is 12.9. The molecule has 200 valence electrons. The summed E-state index contributed by atoms with van der Waals surface area (Å²) in [6.07, 6.45) is 1.89. The van der Waals surface area contributed by atoms with E-state index in [0.29, 0.717) is 25.6 Å². The van der Waals surface area contributed by atoms with Crippen LogP contribution < -0.4 is 4.74 Å². The second-order valence-corrected chi connectivity index (χ2v) is 10.0. The minimum Gasteiger partial charge on any atom is -0.497 e. The summed E-state index contributed by atoms with van der Waals surface area (Å²) in [6, 6.07) is 12.8. The molecule has 0 radical (unpaired) electrons. The Morgan fingerprint density at radius 3 is 2.35 bits per heavy atom. The summed E-state index contributed by atoms with van der Waals surface area (Å²) in [7, 11) is 1.67. The summed E-state index contributed by atoms with van der Waals surface area (Å²) in [5.74, 6) is 1.15. The Bertz CT molecular complexity index is 1050. The first-order valence-electron chi connectivity index (χ1n) is 12.9. The van der Waals surface area contributed by atoms with Gasteiger partial charge in [-0.15, -0.1) is 0 Å². The summed E-state index contributed by atoms with van der Waals surface area (Å²) < 4.78 is 44.0. The first-order chi connectivity index (χ1) is 17.7. The number of carbonyl (C=O) groups excluding carboxylic acids is 1. The number of likely N-dealkylation sites (tertiary alicyclic amines) is 2. The van der Waals surface area contributed by atoms with Crippen LogP contribution in [0.1, 0.15) is 53.1 Å². The van der Waals surface area contributed by atoms with Crippen molar-refractivity contribution >= 4 is 5.78 Å². The van der Waals surface area contributed by atoms with Gasteiger partial charge in [-0.05, 0) is 80.4 Å². The molecule has 5 nitrogen and oxygen atoms in total. The highest BCUT2D eigenvalue weighted by Gasteiger charge is 2.31. The highest BCUT2D eigenvalue weighted by atomic mass is 19.4. The lowest BCUT2D eigenvalue weighted by Crippen LogP contribution is -2.43. The molecule has 0 saturated carbocycles. The third kappa shape index (κ3) is 7.36. The second-order valence-electron chi connectivity index (χ2n) is 10.0. The van der Waals surface area contributed by atoms with Gasteiger partial charge in [0.25, 0.3) is 0 Å². The molecule has 2 aliphatic rings. The van der Waals surface area contributed by atoms with Gasteiger partial charge in [-0.3, -0.25) is 4.79 Å². The van der Waals surface area contributed by atoms with Gasteiger partial charge in [0.05, 0.1) is 18.8 Å². The fourth-order valence-corrected chi connectivity index (χ4v) is 5.31. The number of allylic oxidation sites excluding steroid dienone is 1. The van der Waals surface area contributed by atoms with E-state index < -0.39 is 23.6 Å². The van der Waals surface area contributed by atoms with Crippen molar-refractivity contribution in [1.29, 1.82) is 0 Å². The smallest absolute Gasteiger partial charge is 0.416 e. The lowest BCUT2D eigenvalue weighted by molar-refractivity contribution is -0.137. The lowest BCUT2D eigenvalue weighted by Gasteiger charge is -2.37. The number of piperidine rings is 2. The SMILES string of the molecule is COc1ccc(C2CCN(CC(O)C3CCN(C=CC(=O)c4cccc(C(F)(F)F)c4)CC3)CC2)cc1. The van der Waals surface area contributed by atoms with Gasteiger partial charge in [-0.25, -0.2) is 0 Å². The Morgan fingerprint density at radius 2 is 1.73 bits per heavy atom. The van der Waals surface area contributed by atoms with Crippen molar-refractivity contribution in [2.45, 2.75) is 43.9 Å². The Balaban J connectivity index is 1.19. The Kier molecular flexibility index (Phi) is 8.92. The lowest BCUT2D eigenvalue weighted by atomic mass is 9.88. The number of hydrogen-bond donors (Lipinski definition) is 1. The van der Waals surface area contributed by atoms with Crippen molar-refractivity contribution in [3.63, 3.8) is 0 Å². The van der Waals surface area contributed by atoms with Crippen LogP contribution in [0.25, 0.3) is 0 Å². The van der Waals surface area contributed by atoms with Crippen LogP contribution >= 0.6 is 0 Å². The summed E-state index contributed by atoms with van der Waals surface area (Å²) in [5.41, 5.74) is 0.534. The molecule has 2 fully saturated rings. The van der Waals surface area contributed by atoms with Crippen LogP contribution in [0.5, 0.6) is 5.75 Å². The van der Waals surface area contributed by atoms with Gasteiger partial charge in [-0.1, -0.05) is 24.3 Å². The van der Waals surface area contributed by atoms with Crippen LogP contribution in [-0.4, -0.2) is 66.6 Å². The van der Waals surface area contributed by atoms with E-state index in [2.05, 4.69) is 17.0 Å². The van der Waals surface area contributed by atoms with Crippen molar-refractivity contribution in [1.82, 2.24) is 9.80 Å². The molecule has 1 unspecified atom stereocenters. The maximum Gasteiger partial charge on any atom is 0.416 e. The zero-order valence-electron chi connectivity index (χ0n) is 21.2. The molecule has 2 aromatic carbocycles. The van der Waals surface area contributed by atoms with E-state index in [9.17, 15) is 23.1 Å². The Hall–Kier alpha value is -2.84. The molecule has 0 aliphatic carbocycles. The number of benzene rings is 2. The predicted octanol–water partition coefficient (Wildman–Crippen LogP) is 5.36. The first kappa shape index (κ1) is 27.2. The van der Waals surface area contributed by atoms with Crippen molar-refractivity contribution < 1.29 is 27.8 Å². The molecule has 8 heteroatoms. The molecule has 4 rings (SSSR count). The van der Waals surface area contributed by atoms with Crippen LogP contribution in [0.3, 0.4) is 0 Å². The molecule has 2 aliphatic heterocycles. The van der Waals surface area contributed by atoms with Gasteiger partial charge in [-0.2, -0.15) is 13.2 Å². The number of methoxy groups -OCH3 is 1. The van der Waals surface area contributed by atoms with Crippen LogP contribution in [0, 0.1) is 5.92 Å². The van der Waals surface area contributed by atoms with Crippen molar-refractivity contribution in [3.8, 4) is 5.75 Å². The van der Waals surface area contributed by atoms with Gasteiger partial charge in [0, 0.05) is 37.5 Å². The highest BCUT2D eigenvalue weighted by Crippen LogP contribution is 2.31. The number of ketones is 1. The molecule has 0 amide bonds. The van der Waals surface area contributed by atoms with Crippen LogP contribution in [0.4, 0.5) is 13.2 Å². The minimum atomic E-state index is -4.48. The number of alkyl halides is 3. The molecule has 0 bridgehead atoms. The van der Waals surface area contributed by atoms with Crippen LogP contribution in [-0.2, 0) is 6.18 Å². The predicted molar refractivity (Wildman–Crippen MR) is 137 cm³/mol. The van der Waals surface area contributed by atoms with Crippen molar-refractivity contribution in [3.05, 3.63) is 77.5 Å². The van der Waals surface area contributed by atoms with Crippen molar-refractivity contribution in [2.75, 3.05) is 39.8 Å². The number of nitrogens with zero attached hydrogens (tertiary/aromatic N) is 2. The molecule has 0 aromatic heterocycles. The standard InChI is InChI=1S/C29H35F3N2O3/c1-37-26-7-5-21(6-8-26)22-9-16-34(17-10-22)20-28(36)23-11-14-33(15-12-23)18-13-27(35)24-3-2-4-25(19-24)29(30,31)32/h2-8,13,18-19,22-23,28,36H,9-12,14-17,20H2,1H3. The van der Waals surface area contributed by atoms with Crippen molar-refractivity contribution in [2.24, 2.45) is 5.92 Å². The van der Waals surface area contributed by atoms with E-state index in [-0.39, 0.29) is 11.5 Å². The number of carbonyl (C=O) groups is 1. The number of aliphatic hydroxyl groups excluding tert-OH is 1. The monoisotopic (exact) mass is 516 g/mol. The first-order valence-corrected chi connectivity index (χ1v) is 12.9. The number of aliphatic hydroxyl groups is 1. The second kappa shape index (κ2) is 12.1. The van der Waals surface area contributed by atoms with E-state index >= 15 is 0 Å². The molecule has 0 spiro atoms. The number of β-amino-alcohol motifs (C(OH)–C–C–N with tert-alkyl or cyclic N) is 1. The van der Waals surface area contributed by atoms with Gasteiger partial charge in [0.1, 0.15) is 5.75 Å². The summed E-state index contributed by atoms with van der Waals surface area (Å²) in [6.45, 7) is 4.01. The molecule has 37 heavy (non-hydrogen) atoms. The van der Waals surface area contributed by atoms with Gasteiger partial charge >= 0.3 is 6.18 Å². The zero-order chi connectivity index (χ0) is 26.4. The van der Waals surface area contributed by atoms with Gasteiger partial charge in [0.2, 0.25) is 0 Å².